The first kappa shape index (κ1) is 10.5. The Morgan fingerprint density at radius 2 is 2.08 bits per heavy atom. The first-order chi connectivity index (χ1) is 6.02. The lowest BCUT2D eigenvalue weighted by atomic mass is 10.1. The number of hydrogen-bond donors (Lipinski definition) is 1. The van der Waals surface area contributed by atoms with Gasteiger partial charge in [-0.1, -0.05) is 0 Å². The fraction of sp³-hybridized carbons (Fsp3) is 0.900. The molecule has 0 aromatic rings. The first-order valence-corrected chi connectivity index (χ1v) is 4.97. The molecule has 1 fully saturated rings. The highest BCUT2D eigenvalue weighted by atomic mass is 16.3. The third-order valence-electron chi connectivity index (χ3n) is 2.88. The van der Waals surface area contributed by atoms with Crippen LogP contribution in [0.5, 0.6) is 0 Å². The lowest BCUT2D eigenvalue weighted by Crippen LogP contribution is -2.37. The van der Waals surface area contributed by atoms with Gasteiger partial charge in [-0.05, 0) is 33.1 Å². The number of rotatable bonds is 2. The SMILES string of the molecule is CC(C)N(C)C(=O)[C@@H]1CC[C@@H](O)C1. The molecule has 0 heterocycles. The van der Waals surface area contributed by atoms with Crippen LogP contribution in [0.25, 0.3) is 0 Å². The molecule has 76 valence electrons. The van der Waals surface area contributed by atoms with E-state index in [2.05, 4.69) is 0 Å². The van der Waals surface area contributed by atoms with E-state index in [1.54, 1.807) is 4.90 Å². The molecule has 0 unspecified atom stereocenters. The van der Waals surface area contributed by atoms with Gasteiger partial charge in [0.2, 0.25) is 5.91 Å². The number of aliphatic hydroxyl groups is 1. The molecular formula is C10H19NO2. The van der Waals surface area contributed by atoms with Crippen molar-refractivity contribution in [3.8, 4) is 0 Å². The maximum Gasteiger partial charge on any atom is 0.225 e. The Bertz CT molecular complexity index is 191. The average molecular weight is 185 g/mol. The van der Waals surface area contributed by atoms with E-state index >= 15 is 0 Å². The minimum Gasteiger partial charge on any atom is -0.393 e. The maximum atomic E-state index is 11.7. The van der Waals surface area contributed by atoms with Crippen molar-refractivity contribution in [3.63, 3.8) is 0 Å². The summed E-state index contributed by atoms with van der Waals surface area (Å²) in [5.41, 5.74) is 0. The van der Waals surface area contributed by atoms with Crippen molar-refractivity contribution >= 4 is 5.91 Å². The summed E-state index contributed by atoms with van der Waals surface area (Å²) in [6.07, 6.45) is 2.02. The van der Waals surface area contributed by atoms with Gasteiger partial charge in [-0.15, -0.1) is 0 Å². The minimum absolute atomic E-state index is 0.0578. The van der Waals surface area contributed by atoms with Crippen LogP contribution in [-0.4, -0.2) is 35.1 Å². The molecule has 0 bridgehead atoms. The Hall–Kier alpha value is -0.570. The molecule has 0 aromatic carbocycles. The number of nitrogens with zero attached hydrogens (tertiary/aromatic N) is 1. The Labute approximate surface area is 79.7 Å². The fourth-order valence-electron chi connectivity index (χ4n) is 1.72. The van der Waals surface area contributed by atoms with E-state index < -0.39 is 0 Å². The van der Waals surface area contributed by atoms with Gasteiger partial charge in [0.25, 0.3) is 0 Å². The van der Waals surface area contributed by atoms with Gasteiger partial charge in [-0.25, -0.2) is 0 Å². The summed E-state index contributed by atoms with van der Waals surface area (Å²) in [6, 6.07) is 0.255. The molecule has 3 nitrogen and oxygen atoms in total. The van der Waals surface area contributed by atoms with Crippen LogP contribution < -0.4 is 0 Å². The number of carbonyl (C=O) groups excluding carboxylic acids is 1. The van der Waals surface area contributed by atoms with Gasteiger partial charge < -0.3 is 10.0 Å². The summed E-state index contributed by atoms with van der Waals surface area (Å²) in [6.45, 7) is 4.01. The van der Waals surface area contributed by atoms with Crippen molar-refractivity contribution in [2.75, 3.05) is 7.05 Å². The van der Waals surface area contributed by atoms with Gasteiger partial charge in [0, 0.05) is 19.0 Å². The second kappa shape index (κ2) is 4.09. The van der Waals surface area contributed by atoms with Gasteiger partial charge in [0.05, 0.1) is 6.10 Å². The number of aliphatic hydroxyl groups excluding tert-OH is 1. The van der Waals surface area contributed by atoms with Gasteiger partial charge in [0.1, 0.15) is 0 Å². The van der Waals surface area contributed by atoms with Crippen LogP contribution >= 0.6 is 0 Å². The summed E-state index contributed by atoms with van der Waals surface area (Å²) in [5.74, 6) is 0.244. The number of carbonyl (C=O) groups is 1. The van der Waals surface area contributed by atoms with Crippen molar-refractivity contribution in [1.82, 2.24) is 4.90 Å². The second-order valence-electron chi connectivity index (χ2n) is 4.21. The molecule has 1 N–H and O–H groups in total. The van der Waals surface area contributed by atoms with E-state index in [1.807, 2.05) is 20.9 Å². The smallest absolute Gasteiger partial charge is 0.225 e. The molecule has 0 saturated heterocycles. The molecule has 0 radical (unpaired) electrons. The average Bonchev–Trinajstić information content (AvgIpc) is 2.49. The highest BCUT2D eigenvalue weighted by Gasteiger charge is 2.30. The molecule has 1 aliphatic rings. The highest BCUT2D eigenvalue weighted by molar-refractivity contribution is 5.79. The van der Waals surface area contributed by atoms with Crippen LogP contribution in [0.15, 0.2) is 0 Å². The van der Waals surface area contributed by atoms with E-state index in [4.69, 9.17) is 0 Å². The van der Waals surface area contributed by atoms with Crippen molar-refractivity contribution in [3.05, 3.63) is 0 Å². The van der Waals surface area contributed by atoms with Gasteiger partial charge in [-0.3, -0.25) is 4.79 Å². The Balaban J connectivity index is 2.48. The van der Waals surface area contributed by atoms with E-state index in [-0.39, 0.29) is 24.0 Å². The number of hydrogen-bond acceptors (Lipinski definition) is 2. The molecule has 3 heteroatoms. The summed E-state index contributed by atoms with van der Waals surface area (Å²) in [5, 5.41) is 9.30. The van der Waals surface area contributed by atoms with Crippen LogP contribution in [0.3, 0.4) is 0 Å². The normalized spacial score (nSPS) is 28.1. The topological polar surface area (TPSA) is 40.5 Å². The van der Waals surface area contributed by atoms with E-state index in [1.165, 1.54) is 0 Å². The molecular weight excluding hydrogens is 166 g/mol. The Kier molecular flexibility index (Phi) is 3.31. The fourth-order valence-corrected chi connectivity index (χ4v) is 1.72. The predicted octanol–water partition coefficient (Wildman–Crippen LogP) is 1.01. The van der Waals surface area contributed by atoms with Crippen LogP contribution in [-0.2, 0) is 4.79 Å². The van der Waals surface area contributed by atoms with E-state index in [0.29, 0.717) is 6.42 Å². The largest absolute Gasteiger partial charge is 0.393 e. The van der Waals surface area contributed by atoms with Crippen LogP contribution in [0, 0.1) is 5.92 Å². The highest BCUT2D eigenvalue weighted by Crippen LogP contribution is 2.27. The summed E-state index contributed by atoms with van der Waals surface area (Å²) in [4.78, 5) is 13.5. The molecule has 13 heavy (non-hydrogen) atoms. The van der Waals surface area contributed by atoms with Gasteiger partial charge in [0.15, 0.2) is 0 Å². The zero-order chi connectivity index (χ0) is 10.0. The Morgan fingerprint density at radius 1 is 1.46 bits per heavy atom. The zero-order valence-electron chi connectivity index (χ0n) is 8.66. The molecule has 1 amide bonds. The van der Waals surface area contributed by atoms with Gasteiger partial charge in [-0.2, -0.15) is 0 Å². The molecule has 1 aliphatic carbocycles. The molecule has 0 aliphatic heterocycles. The first-order valence-electron chi connectivity index (χ1n) is 4.97. The third kappa shape index (κ3) is 2.44. The predicted molar refractivity (Wildman–Crippen MR) is 51.3 cm³/mol. The van der Waals surface area contributed by atoms with Crippen molar-refractivity contribution in [2.24, 2.45) is 5.92 Å². The molecule has 0 aromatic heterocycles. The zero-order valence-corrected chi connectivity index (χ0v) is 8.66. The monoisotopic (exact) mass is 185 g/mol. The van der Waals surface area contributed by atoms with Crippen LogP contribution in [0.2, 0.25) is 0 Å². The quantitative estimate of drug-likeness (QED) is 0.697. The summed E-state index contributed by atoms with van der Waals surface area (Å²) < 4.78 is 0. The summed E-state index contributed by atoms with van der Waals surface area (Å²) in [7, 11) is 1.83. The van der Waals surface area contributed by atoms with Crippen LogP contribution in [0.4, 0.5) is 0 Å². The Morgan fingerprint density at radius 3 is 2.46 bits per heavy atom. The van der Waals surface area contributed by atoms with Gasteiger partial charge >= 0.3 is 0 Å². The number of amides is 1. The van der Waals surface area contributed by atoms with Crippen LogP contribution in [0.1, 0.15) is 33.1 Å². The molecule has 1 saturated carbocycles. The third-order valence-corrected chi connectivity index (χ3v) is 2.88. The van der Waals surface area contributed by atoms with Crippen molar-refractivity contribution < 1.29 is 9.90 Å². The lowest BCUT2D eigenvalue weighted by molar-refractivity contribution is -0.135. The van der Waals surface area contributed by atoms with Crippen molar-refractivity contribution in [2.45, 2.75) is 45.3 Å². The summed E-state index contributed by atoms with van der Waals surface area (Å²) >= 11 is 0. The standard InChI is InChI=1S/C10H19NO2/c1-7(2)11(3)10(13)8-4-5-9(12)6-8/h7-9,12H,4-6H2,1-3H3/t8-,9-/m1/s1. The molecule has 2 atom stereocenters. The molecule has 1 rings (SSSR count). The molecule has 0 spiro atoms. The second-order valence-corrected chi connectivity index (χ2v) is 4.21. The lowest BCUT2D eigenvalue weighted by Gasteiger charge is -2.24. The van der Waals surface area contributed by atoms with E-state index in [9.17, 15) is 9.90 Å². The minimum atomic E-state index is -0.255. The van der Waals surface area contributed by atoms with Crippen molar-refractivity contribution in [1.29, 1.82) is 0 Å². The van der Waals surface area contributed by atoms with E-state index in [0.717, 1.165) is 12.8 Å². The maximum absolute atomic E-state index is 11.7.